The Balaban J connectivity index is 1.64. The van der Waals surface area contributed by atoms with Crippen molar-refractivity contribution in [2.75, 3.05) is 14.1 Å². The Morgan fingerprint density at radius 2 is 1.33 bits per heavy atom. The lowest BCUT2D eigenvalue weighted by atomic mass is 9.81. The molecule has 2 nitrogen and oxygen atoms in total. The quantitative estimate of drug-likeness (QED) is 0.662. The van der Waals surface area contributed by atoms with E-state index >= 15 is 0 Å². The highest BCUT2D eigenvalue weighted by Gasteiger charge is 2.61. The molecule has 3 aliphatic rings. The first kappa shape index (κ1) is 17.2. The molecule has 0 amide bonds. The minimum atomic E-state index is 0.163. The van der Waals surface area contributed by atoms with Gasteiger partial charge in [0.05, 0.1) is 17.7 Å². The van der Waals surface area contributed by atoms with Gasteiger partial charge in [-0.1, -0.05) is 72.8 Å². The average molecular weight is 359 g/mol. The summed E-state index contributed by atoms with van der Waals surface area (Å²) in [6, 6.07) is 23.1. The second-order valence-corrected chi connectivity index (χ2v) is 8.63. The van der Waals surface area contributed by atoms with E-state index in [-0.39, 0.29) is 5.66 Å². The fraction of sp³-hybridized carbons (Fsp3) is 0.440. The predicted molar refractivity (Wildman–Crippen MR) is 111 cm³/mol. The van der Waals surface area contributed by atoms with Gasteiger partial charge in [0.1, 0.15) is 0 Å². The van der Waals surface area contributed by atoms with Gasteiger partial charge in [0, 0.05) is 0 Å². The molecule has 0 unspecified atom stereocenters. The number of likely N-dealkylation sites (N-methyl/N-ethyl adjacent to an activating group) is 2. The average Bonchev–Trinajstić information content (AvgIpc) is 3.22. The summed E-state index contributed by atoms with van der Waals surface area (Å²) in [6.07, 6.45) is 10.1. The molecule has 1 spiro atoms. The third-order valence-corrected chi connectivity index (χ3v) is 7.62. The second kappa shape index (κ2) is 6.61. The Morgan fingerprint density at radius 1 is 0.778 bits per heavy atom. The third-order valence-electron chi connectivity index (χ3n) is 7.62. The van der Waals surface area contributed by atoms with E-state index in [1.807, 2.05) is 0 Å². The summed E-state index contributed by atoms with van der Waals surface area (Å²) in [5.74, 6) is 1.48. The van der Waals surface area contributed by atoms with Crippen LogP contribution in [0.4, 0.5) is 0 Å². The zero-order valence-electron chi connectivity index (χ0n) is 16.5. The Labute approximate surface area is 163 Å². The topological polar surface area (TPSA) is 6.48 Å². The molecule has 2 heteroatoms. The molecule has 1 saturated heterocycles. The highest BCUT2D eigenvalue weighted by atomic mass is 15.5. The number of hydrogen-bond acceptors (Lipinski definition) is 2. The van der Waals surface area contributed by atoms with Gasteiger partial charge in [-0.25, -0.2) is 0 Å². The molecule has 1 saturated carbocycles. The normalized spacial score (nSPS) is 32.8. The Kier molecular flexibility index (Phi) is 4.22. The summed E-state index contributed by atoms with van der Waals surface area (Å²) in [5, 5.41) is 0. The van der Waals surface area contributed by atoms with Crippen LogP contribution in [0.1, 0.15) is 48.9 Å². The van der Waals surface area contributed by atoms with Crippen molar-refractivity contribution in [3.8, 4) is 0 Å². The number of hydrogen-bond donors (Lipinski definition) is 0. The van der Waals surface area contributed by atoms with Crippen LogP contribution in [0.5, 0.6) is 0 Å². The molecule has 2 aromatic carbocycles. The van der Waals surface area contributed by atoms with Crippen LogP contribution in [0.2, 0.25) is 0 Å². The van der Waals surface area contributed by atoms with Gasteiger partial charge >= 0.3 is 0 Å². The zero-order valence-corrected chi connectivity index (χ0v) is 16.5. The van der Waals surface area contributed by atoms with Crippen molar-refractivity contribution in [1.82, 2.24) is 9.80 Å². The van der Waals surface area contributed by atoms with E-state index < -0.39 is 0 Å². The summed E-state index contributed by atoms with van der Waals surface area (Å²) in [5.41, 5.74) is 3.04. The van der Waals surface area contributed by atoms with Crippen LogP contribution in [0, 0.1) is 11.8 Å². The van der Waals surface area contributed by atoms with Crippen molar-refractivity contribution in [1.29, 1.82) is 0 Å². The van der Waals surface area contributed by atoms with Crippen LogP contribution in [-0.4, -0.2) is 29.6 Å². The van der Waals surface area contributed by atoms with E-state index in [9.17, 15) is 0 Å². The first-order chi connectivity index (χ1) is 13.2. The summed E-state index contributed by atoms with van der Waals surface area (Å²) in [6.45, 7) is 0. The molecule has 140 valence electrons. The first-order valence-corrected chi connectivity index (χ1v) is 10.5. The van der Waals surface area contributed by atoms with Gasteiger partial charge in [-0.2, -0.15) is 0 Å². The van der Waals surface area contributed by atoms with E-state index in [0.717, 1.165) is 11.8 Å². The Bertz CT molecular complexity index is 761. The van der Waals surface area contributed by atoms with E-state index in [1.54, 1.807) is 0 Å². The molecule has 0 aromatic heterocycles. The van der Waals surface area contributed by atoms with Crippen molar-refractivity contribution in [2.45, 2.75) is 43.4 Å². The minimum absolute atomic E-state index is 0.163. The molecule has 27 heavy (non-hydrogen) atoms. The summed E-state index contributed by atoms with van der Waals surface area (Å²) in [7, 11) is 4.77. The zero-order chi connectivity index (χ0) is 18.4. The fourth-order valence-corrected chi connectivity index (χ4v) is 6.47. The standard InChI is InChI=1S/C25H30N2/c1-26-23(20-12-5-3-6-13-20)24(21-14-7-4-8-15-21)27(2)25(26)18-17-19-11-9-10-16-22(19)25/h3-9,11-15,19,22-24H,10,16-18H2,1-2H3/t19-,22-,23+,24+/m1/s1. The molecule has 2 aromatic rings. The van der Waals surface area contributed by atoms with E-state index in [4.69, 9.17) is 0 Å². The van der Waals surface area contributed by atoms with Gasteiger partial charge < -0.3 is 0 Å². The van der Waals surface area contributed by atoms with Gasteiger partial charge in [-0.15, -0.1) is 0 Å². The lowest BCUT2D eigenvalue weighted by Crippen LogP contribution is -2.54. The van der Waals surface area contributed by atoms with E-state index in [0.29, 0.717) is 12.1 Å². The Hall–Kier alpha value is -1.90. The van der Waals surface area contributed by atoms with Crippen LogP contribution < -0.4 is 0 Å². The van der Waals surface area contributed by atoms with Gasteiger partial charge in [-0.3, -0.25) is 9.80 Å². The third kappa shape index (κ3) is 2.47. The fourth-order valence-electron chi connectivity index (χ4n) is 6.47. The van der Waals surface area contributed by atoms with Crippen molar-refractivity contribution >= 4 is 0 Å². The maximum absolute atomic E-state index is 2.74. The number of nitrogens with zero attached hydrogens (tertiary/aromatic N) is 2. The number of benzene rings is 2. The molecule has 4 atom stereocenters. The summed E-state index contributed by atoms with van der Waals surface area (Å²) in [4.78, 5) is 5.48. The van der Waals surface area contributed by atoms with Gasteiger partial charge in [0.2, 0.25) is 0 Å². The maximum Gasteiger partial charge on any atom is 0.0779 e. The highest BCUT2D eigenvalue weighted by Crippen LogP contribution is 2.60. The second-order valence-electron chi connectivity index (χ2n) is 8.63. The van der Waals surface area contributed by atoms with Gasteiger partial charge in [-0.05, 0) is 62.7 Å². The molecule has 0 N–H and O–H groups in total. The lowest BCUT2D eigenvalue weighted by Gasteiger charge is -2.46. The summed E-state index contributed by atoms with van der Waals surface area (Å²) >= 11 is 0. The molecule has 1 aliphatic heterocycles. The van der Waals surface area contributed by atoms with Crippen molar-refractivity contribution < 1.29 is 0 Å². The molecule has 1 heterocycles. The molecule has 2 aliphatic carbocycles. The van der Waals surface area contributed by atoms with E-state index in [2.05, 4.69) is 96.7 Å². The van der Waals surface area contributed by atoms with Crippen LogP contribution in [-0.2, 0) is 0 Å². The van der Waals surface area contributed by atoms with Crippen LogP contribution in [0.15, 0.2) is 72.8 Å². The van der Waals surface area contributed by atoms with Crippen molar-refractivity contribution in [2.24, 2.45) is 11.8 Å². The first-order valence-electron chi connectivity index (χ1n) is 10.5. The predicted octanol–water partition coefficient (Wildman–Crippen LogP) is 5.42. The molecule has 0 bridgehead atoms. The molecule has 5 rings (SSSR count). The SMILES string of the molecule is CN1[C@@H](c2ccccc2)[C@H](c2ccccc2)N(C)C12CC[C@H]1C=CCC[C@H]12. The van der Waals surface area contributed by atoms with Crippen molar-refractivity contribution in [3.63, 3.8) is 0 Å². The number of fused-ring (bicyclic) bond motifs is 2. The largest absolute Gasteiger partial charge is 0.279 e. The highest BCUT2D eigenvalue weighted by molar-refractivity contribution is 5.32. The summed E-state index contributed by atoms with van der Waals surface area (Å²) < 4.78 is 0. The molecular formula is C25H30N2. The smallest absolute Gasteiger partial charge is 0.0779 e. The maximum atomic E-state index is 2.74. The van der Waals surface area contributed by atoms with Crippen molar-refractivity contribution in [3.05, 3.63) is 83.9 Å². The van der Waals surface area contributed by atoms with Gasteiger partial charge in [0.25, 0.3) is 0 Å². The van der Waals surface area contributed by atoms with Crippen LogP contribution in [0.3, 0.4) is 0 Å². The monoisotopic (exact) mass is 358 g/mol. The molecular weight excluding hydrogens is 328 g/mol. The number of rotatable bonds is 2. The number of allylic oxidation sites excluding steroid dienone is 2. The minimum Gasteiger partial charge on any atom is -0.279 e. The lowest BCUT2D eigenvalue weighted by molar-refractivity contribution is -0.0171. The van der Waals surface area contributed by atoms with Crippen LogP contribution in [0.25, 0.3) is 0 Å². The van der Waals surface area contributed by atoms with E-state index in [1.165, 1.54) is 36.8 Å². The van der Waals surface area contributed by atoms with Crippen LogP contribution >= 0.6 is 0 Å². The molecule has 2 fully saturated rings. The molecule has 0 radical (unpaired) electrons. The van der Waals surface area contributed by atoms with Gasteiger partial charge in [0.15, 0.2) is 0 Å². The Morgan fingerprint density at radius 3 is 1.89 bits per heavy atom.